The van der Waals surface area contributed by atoms with Crippen LogP contribution < -0.4 is 0 Å². The van der Waals surface area contributed by atoms with Crippen LogP contribution in [0.1, 0.15) is 27.2 Å². The average molecular weight is 273 g/mol. The van der Waals surface area contributed by atoms with Crippen LogP contribution in [0.3, 0.4) is 0 Å². The summed E-state index contributed by atoms with van der Waals surface area (Å²) in [5.41, 5.74) is -0.454. The third-order valence-electron chi connectivity index (χ3n) is 3.41. The molecule has 0 aromatic carbocycles. The summed E-state index contributed by atoms with van der Waals surface area (Å²) in [6, 6.07) is 0. The van der Waals surface area contributed by atoms with Crippen molar-refractivity contribution >= 4 is 17.6 Å². The van der Waals surface area contributed by atoms with E-state index in [0.29, 0.717) is 0 Å². The Morgan fingerprint density at radius 2 is 2.00 bits per heavy atom. The van der Waals surface area contributed by atoms with Crippen LogP contribution in [0.25, 0.3) is 0 Å². The second-order valence-corrected chi connectivity index (χ2v) is 5.43. The van der Waals surface area contributed by atoms with E-state index in [1.807, 2.05) is 0 Å². The van der Waals surface area contributed by atoms with Crippen LogP contribution in [0.5, 0.6) is 0 Å². The van der Waals surface area contributed by atoms with E-state index >= 15 is 0 Å². The smallest absolute Gasteiger partial charge is 0.404 e. The molecule has 0 aliphatic heterocycles. The van der Waals surface area contributed by atoms with E-state index in [9.17, 15) is 18.0 Å². The van der Waals surface area contributed by atoms with Crippen molar-refractivity contribution in [1.82, 2.24) is 0 Å². The Kier molecular flexibility index (Phi) is 4.01. The van der Waals surface area contributed by atoms with E-state index in [1.54, 1.807) is 20.8 Å². The lowest BCUT2D eigenvalue weighted by molar-refractivity contribution is -0.146. The summed E-state index contributed by atoms with van der Waals surface area (Å²) in [7, 11) is 0. The highest BCUT2D eigenvalue weighted by molar-refractivity contribution is 6.21. The van der Waals surface area contributed by atoms with E-state index in [2.05, 4.69) is 0 Å². The first-order chi connectivity index (χ1) is 7.62. The van der Waals surface area contributed by atoms with Crippen LogP contribution in [-0.2, 0) is 9.53 Å². The summed E-state index contributed by atoms with van der Waals surface area (Å²) >= 11 is 5.29. The quantitative estimate of drug-likeness (QED) is 0.579. The number of hydrogen-bond donors (Lipinski definition) is 0. The van der Waals surface area contributed by atoms with E-state index in [1.165, 1.54) is 0 Å². The van der Waals surface area contributed by atoms with Gasteiger partial charge >= 0.3 is 12.1 Å². The molecule has 3 atom stereocenters. The van der Waals surface area contributed by atoms with Crippen LogP contribution in [0.2, 0.25) is 0 Å². The Hall–Kier alpha value is -0.450. The first-order valence-electron chi connectivity index (χ1n) is 5.49. The van der Waals surface area contributed by atoms with E-state index in [-0.39, 0.29) is 18.9 Å². The lowest BCUT2D eigenvalue weighted by Gasteiger charge is -2.13. The third-order valence-corrected chi connectivity index (χ3v) is 3.83. The van der Waals surface area contributed by atoms with Crippen molar-refractivity contribution in [3.05, 3.63) is 0 Å². The predicted molar refractivity (Wildman–Crippen MR) is 57.7 cm³/mol. The highest BCUT2D eigenvalue weighted by Crippen LogP contribution is 2.61. The van der Waals surface area contributed by atoms with Crippen LogP contribution in [0, 0.1) is 17.3 Å². The maximum Gasteiger partial charge on any atom is 0.404 e. The molecular formula is C11H16ClF3O2. The Morgan fingerprint density at radius 3 is 2.41 bits per heavy atom. The molecule has 1 fully saturated rings. The molecule has 0 bridgehead atoms. The fourth-order valence-electron chi connectivity index (χ4n) is 2.24. The van der Waals surface area contributed by atoms with Crippen molar-refractivity contribution in [2.75, 3.05) is 6.61 Å². The molecule has 0 saturated heterocycles. The lowest BCUT2D eigenvalue weighted by atomic mass is 10.1. The van der Waals surface area contributed by atoms with Gasteiger partial charge in [0.1, 0.15) is 5.38 Å². The van der Waals surface area contributed by atoms with Crippen LogP contribution in [0.15, 0.2) is 0 Å². The van der Waals surface area contributed by atoms with Crippen molar-refractivity contribution in [3.8, 4) is 0 Å². The third kappa shape index (κ3) is 3.06. The summed E-state index contributed by atoms with van der Waals surface area (Å²) < 4.78 is 41.8. The van der Waals surface area contributed by atoms with Gasteiger partial charge in [0, 0.05) is 0 Å². The van der Waals surface area contributed by atoms with Gasteiger partial charge in [0.15, 0.2) is 0 Å². The summed E-state index contributed by atoms with van der Waals surface area (Å²) in [5, 5.41) is -1.90. The zero-order valence-corrected chi connectivity index (χ0v) is 10.7. The Bertz CT molecular complexity index is 302. The zero-order chi connectivity index (χ0) is 13.4. The van der Waals surface area contributed by atoms with Crippen LogP contribution >= 0.6 is 11.6 Å². The second-order valence-electron chi connectivity index (χ2n) is 4.90. The monoisotopic (exact) mass is 272 g/mol. The van der Waals surface area contributed by atoms with Gasteiger partial charge in [-0.2, -0.15) is 13.2 Å². The minimum Gasteiger partial charge on any atom is -0.466 e. The molecule has 3 unspecified atom stereocenters. The van der Waals surface area contributed by atoms with E-state index in [0.717, 1.165) is 0 Å². The highest BCUT2D eigenvalue weighted by atomic mass is 35.5. The van der Waals surface area contributed by atoms with E-state index in [4.69, 9.17) is 16.3 Å². The van der Waals surface area contributed by atoms with Gasteiger partial charge in [-0.15, -0.1) is 11.6 Å². The maximum absolute atomic E-state index is 12.3. The molecule has 1 aliphatic rings. The molecular weight excluding hydrogens is 257 g/mol. The zero-order valence-electron chi connectivity index (χ0n) is 9.97. The van der Waals surface area contributed by atoms with Crippen molar-refractivity contribution in [2.24, 2.45) is 17.3 Å². The van der Waals surface area contributed by atoms with Gasteiger partial charge in [-0.25, -0.2) is 0 Å². The maximum atomic E-state index is 12.3. The fourth-order valence-corrected chi connectivity index (χ4v) is 2.43. The van der Waals surface area contributed by atoms with E-state index < -0.39 is 28.9 Å². The van der Waals surface area contributed by atoms with Crippen molar-refractivity contribution in [2.45, 2.75) is 38.7 Å². The SMILES string of the molecule is CCOC(=O)C1C(CC(Cl)C(F)(F)F)C1(C)C. The number of carbonyl (C=O) groups excluding carboxylic acids is 1. The molecule has 1 rings (SSSR count). The number of carbonyl (C=O) groups is 1. The Balaban J connectivity index is 2.60. The summed E-state index contributed by atoms with van der Waals surface area (Å²) in [6.07, 6.45) is -4.65. The second kappa shape index (κ2) is 4.67. The van der Waals surface area contributed by atoms with Crippen molar-refractivity contribution < 1.29 is 22.7 Å². The number of halogens is 4. The highest BCUT2D eigenvalue weighted by Gasteiger charge is 2.63. The number of rotatable bonds is 4. The number of alkyl halides is 4. The minimum absolute atomic E-state index is 0.235. The summed E-state index contributed by atoms with van der Waals surface area (Å²) in [6.45, 7) is 5.43. The molecule has 0 amide bonds. The largest absolute Gasteiger partial charge is 0.466 e. The average Bonchev–Trinajstić information content (AvgIpc) is 2.67. The molecule has 0 N–H and O–H groups in total. The number of hydrogen-bond acceptors (Lipinski definition) is 2. The van der Waals surface area contributed by atoms with Crippen molar-refractivity contribution in [3.63, 3.8) is 0 Å². The van der Waals surface area contributed by atoms with Gasteiger partial charge in [0.2, 0.25) is 0 Å². The molecule has 0 aromatic heterocycles. The Morgan fingerprint density at radius 1 is 1.47 bits per heavy atom. The summed E-state index contributed by atoms with van der Waals surface area (Å²) in [5.74, 6) is -1.25. The first kappa shape index (κ1) is 14.6. The summed E-state index contributed by atoms with van der Waals surface area (Å²) in [4.78, 5) is 11.5. The number of ether oxygens (including phenoxy) is 1. The van der Waals surface area contributed by atoms with Gasteiger partial charge in [0.05, 0.1) is 12.5 Å². The van der Waals surface area contributed by atoms with Crippen molar-refractivity contribution in [1.29, 1.82) is 0 Å². The Labute approximate surface area is 103 Å². The molecule has 100 valence electrons. The lowest BCUT2D eigenvalue weighted by Crippen LogP contribution is -2.24. The predicted octanol–water partition coefficient (Wildman–Crippen LogP) is 3.38. The van der Waals surface area contributed by atoms with Gasteiger partial charge in [-0.1, -0.05) is 13.8 Å². The minimum atomic E-state index is -4.42. The number of esters is 1. The standard InChI is InChI=1S/C11H16ClF3O2/c1-4-17-9(16)8-6(10(8,2)3)5-7(12)11(13,14)15/h6-8H,4-5H2,1-3H3. The topological polar surface area (TPSA) is 26.3 Å². The van der Waals surface area contributed by atoms with Gasteiger partial charge in [-0.05, 0) is 24.7 Å². The van der Waals surface area contributed by atoms with Crippen LogP contribution in [0.4, 0.5) is 13.2 Å². The van der Waals surface area contributed by atoms with Gasteiger partial charge in [-0.3, -0.25) is 4.79 Å². The molecule has 0 aromatic rings. The molecule has 0 heterocycles. The van der Waals surface area contributed by atoms with Gasteiger partial charge in [0.25, 0.3) is 0 Å². The first-order valence-corrected chi connectivity index (χ1v) is 5.93. The fraction of sp³-hybridized carbons (Fsp3) is 0.909. The molecule has 1 aliphatic carbocycles. The molecule has 2 nitrogen and oxygen atoms in total. The van der Waals surface area contributed by atoms with Gasteiger partial charge < -0.3 is 4.74 Å². The molecule has 0 spiro atoms. The molecule has 1 saturated carbocycles. The molecule has 6 heteroatoms. The normalized spacial score (nSPS) is 28.6. The van der Waals surface area contributed by atoms with Crippen LogP contribution in [-0.4, -0.2) is 24.1 Å². The molecule has 17 heavy (non-hydrogen) atoms. The molecule has 0 radical (unpaired) electrons.